The molecule has 1 heterocycles. The van der Waals surface area contributed by atoms with E-state index < -0.39 is 5.97 Å². The van der Waals surface area contributed by atoms with Gasteiger partial charge in [0.15, 0.2) is 0 Å². The molecule has 6 heteroatoms. The molecule has 18 heavy (non-hydrogen) atoms. The highest BCUT2D eigenvalue weighted by molar-refractivity contribution is 5.92. The average molecular weight is 256 g/mol. The molecular formula is C12H20N2O4. The molecule has 0 aliphatic carbocycles. The topological polar surface area (TPSA) is 77.9 Å². The van der Waals surface area contributed by atoms with Crippen molar-refractivity contribution in [3.05, 3.63) is 0 Å². The van der Waals surface area contributed by atoms with Gasteiger partial charge in [-0.1, -0.05) is 6.42 Å². The summed E-state index contributed by atoms with van der Waals surface area (Å²) in [4.78, 5) is 36.8. The standard InChI is InChI=1S/C12H20N2O4/c1-2-13-8-11(16)14(9-10(13)15)7-5-3-4-6-12(17)18/h2-9H2,1H3,(H,17,18). The Labute approximate surface area is 107 Å². The van der Waals surface area contributed by atoms with Crippen LogP contribution in [0.3, 0.4) is 0 Å². The van der Waals surface area contributed by atoms with E-state index in [9.17, 15) is 14.4 Å². The monoisotopic (exact) mass is 256 g/mol. The van der Waals surface area contributed by atoms with Gasteiger partial charge in [-0.2, -0.15) is 0 Å². The van der Waals surface area contributed by atoms with Gasteiger partial charge in [0.05, 0.1) is 13.1 Å². The molecule has 102 valence electrons. The van der Waals surface area contributed by atoms with Crippen LogP contribution in [0, 0.1) is 0 Å². The maximum atomic E-state index is 11.7. The van der Waals surface area contributed by atoms with Gasteiger partial charge in [0.25, 0.3) is 0 Å². The second kappa shape index (κ2) is 6.98. The third-order valence-electron chi connectivity index (χ3n) is 3.06. The summed E-state index contributed by atoms with van der Waals surface area (Å²) in [6.07, 6.45) is 2.29. The van der Waals surface area contributed by atoms with Crippen LogP contribution in [0.5, 0.6) is 0 Å². The molecule has 0 atom stereocenters. The number of likely N-dealkylation sites (N-methyl/N-ethyl adjacent to an activating group) is 1. The summed E-state index contributed by atoms with van der Waals surface area (Å²) >= 11 is 0. The minimum atomic E-state index is -0.794. The van der Waals surface area contributed by atoms with E-state index in [1.807, 2.05) is 6.92 Å². The fourth-order valence-electron chi connectivity index (χ4n) is 1.95. The van der Waals surface area contributed by atoms with Crippen molar-refractivity contribution in [2.45, 2.75) is 32.6 Å². The van der Waals surface area contributed by atoms with Gasteiger partial charge in [-0.05, 0) is 19.8 Å². The second-order valence-electron chi connectivity index (χ2n) is 4.43. The Bertz CT molecular complexity index is 330. The molecule has 1 rings (SSSR count). The average Bonchev–Trinajstić information content (AvgIpc) is 2.32. The molecule has 1 aliphatic rings. The molecule has 0 spiro atoms. The van der Waals surface area contributed by atoms with Crippen LogP contribution in [0.15, 0.2) is 0 Å². The minimum Gasteiger partial charge on any atom is -0.481 e. The van der Waals surface area contributed by atoms with Crippen LogP contribution in [-0.4, -0.2) is 58.9 Å². The number of carboxylic acids is 1. The summed E-state index contributed by atoms with van der Waals surface area (Å²) in [5, 5.41) is 8.48. The maximum Gasteiger partial charge on any atom is 0.303 e. The molecule has 1 fully saturated rings. The zero-order chi connectivity index (χ0) is 13.5. The highest BCUT2D eigenvalue weighted by Crippen LogP contribution is 2.07. The molecule has 1 N–H and O–H groups in total. The van der Waals surface area contributed by atoms with Gasteiger partial charge in [-0.15, -0.1) is 0 Å². The van der Waals surface area contributed by atoms with E-state index in [1.54, 1.807) is 9.80 Å². The Kier molecular flexibility index (Phi) is 5.61. The molecule has 2 amide bonds. The maximum absolute atomic E-state index is 11.7. The molecular weight excluding hydrogens is 236 g/mol. The molecule has 0 aromatic carbocycles. The van der Waals surface area contributed by atoms with Gasteiger partial charge in [0.2, 0.25) is 11.8 Å². The van der Waals surface area contributed by atoms with Crippen LogP contribution in [0.2, 0.25) is 0 Å². The van der Waals surface area contributed by atoms with Crippen LogP contribution >= 0.6 is 0 Å². The first-order valence-electron chi connectivity index (χ1n) is 6.32. The molecule has 0 aromatic heterocycles. The van der Waals surface area contributed by atoms with Crippen molar-refractivity contribution in [1.82, 2.24) is 9.80 Å². The van der Waals surface area contributed by atoms with Gasteiger partial charge in [0.1, 0.15) is 0 Å². The van der Waals surface area contributed by atoms with Gasteiger partial charge >= 0.3 is 5.97 Å². The minimum absolute atomic E-state index is 0.0114. The first-order valence-corrected chi connectivity index (χ1v) is 6.32. The fraction of sp³-hybridized carbons (Fsp3) is 0.750. The van der Waals surface area contributed by atoms with Crippen LogP contribution in [0.25, 0.3) is 0 Å². The lowest BCUT2D eigenvalue weighted by atomic mass is 10.2. The number of rotatable bonds is 7. The van der Waals surface area contributed by atoms with E-state index in [-0.39, 0.29) is 31.3 Å². The number of carbonyl (C=O) groups excluding carboxylic acids is 2. The van der Waals surface area contributed by atoms with Crippen LogP contribution in [0.1, 0.15) is 32.6 Å². The second-order valence-corrected chi connectivity index (χ2v) is 4.43. The molecule has 0 bridgehead atoms. The van der Waals surface area contributed by atoms with E-state index in [4.69, 9.17) is 5.11 Å². The number of aliphatic carboxylic acids is 1. The normalized spacial score (nSPS) is 16.3. The molecule has 6 nitrogen and oxygen atoms in total. The van der Waals surface area contributed by atoms with E-state index in [1.165, 1.54) is 0 Å². The highest BCUT2D eigenvalue weighted by atomic mass is 16.4. The summed E-state index contributed by atoms with van der Waals surface area (Å²) in [5.74, 6) is -0.824. The summed E-state index contributed by atoms with van der Waals surface area (Å²) in [6, 6.07) is 0. The smallest absolute Gasteiger partial charge is 0.303 e. The first kappa shape index (κ1) is 14.5. The van der Waals surface area contributed by atoms with Crippen molar-refractivity contribution in [2.75, 3.05) is 26.2 Å². The fourth-order valence-corrected chi connectivity index (χ4v) is 1.95. The zero-order valence-corrected chi connectivity index (χ0v) is 10.7. The van der Waals surface area contributed by atoms with Crippen molar-refractivity contribution in [3.8, 4) is 0 Å². The van der Waals surface area contributed by atoms with Gasteiger partial charge in [-0.25, -0.2) is 0 Å². The molecule has 0 unspecified atom stereocenters. The third kappa shape index (κ3) is 4.35. The van der Waals surface area contributed by atoms with E-state index in [0.29, 0.717) is 19.5 Å². The van der Waals surface area contributed by atoms with Gasteiger partial charge in [-0.3, -0.25) is 14.4 Å². The number of nitrogens with zero attached hydrogens (tertiary/aromatic N) is 2. The van der Waals surface area contributed by atoms with Crippen molar-refractivity contribution in [2.24, 2.45) is 0 Å². The molecule has 1 aliphatic heterocycles. The zero-order valence-electron chi connectivity index (χ0n) is 10.7. The highest BCUT2D eigenvalue weighted by Gasteiger charge is 2.28. The quantitative estimate of drug-likeness (QED) is 0.665. The number of carbonyl (C=O) groups is 3. The van der Waals surface area contributed by atoms with Gasteiger partial charge in [0, 0.05) is 19.5 Å². The van der Waals surface area contributed by atoms with E-state index >= 15 is 0 Å². The van der Waals surface area contributed by atoms with Crippen molar-refractivity contribution in [3.63, 3.8) is 0 Å². The summed E-state index contributed by atoms with van der Waals surface area (Å²) in [6.45, 7) is 3.29. The molecule has 0 aromatic rings. The molecule has 0 saturated carbocycles. The third-order valence-corrected chi connectivity index (χ3v) is 3.06. The van der Waals surface area contributed by atoms with Crippen LogP contribution in [-0.2, 0) is 14.4 Å². The molecule has 1 saturated heterocycles. The van der Waals surface area contributed by atoms with Crippen molar-refractivity contribution in [1.29, 1.82) is 0 Å². The van der Waals surface area contributed by atoms with Crippen molar-refractivity contribution >= 4 is 17.8 Å². The Morgan fingerprint density at radius 1 is 1.11 bits per heavy atom. The SMILES string of the molecule is CCN1CC(=O)N(CCCCCC(=O)O)CC1=O. The van der Waals surface area contributed by atoms with Crippen LogP contribution < -0.4 is 0 Å². The lowest BCUT2D eigenvalue weighted by Gasteiger charge is -2.33. The predicted octanol–water partition coefficient (Wildman–Crippen LogP) is 0.322. The van der Waals surface area contributed by atoms with E-state index in [2.05, 4.69) is 0 Å². The van der Waals surface area contributed by atoms with Crippen molar-refractivity contribution < 1.29 is 19.5 Å². The lowest BCUT2D eigenvalue weighted by Crippen LogP contribution is -2.53. The van der Waals surface area contributed by atoms with Crippen LogP contribution in [0.4, 0.5) is 0 Å². The Hall–Kier alpha value is -1.59. The van der Waals surface area contributed by atoms with Gasteiger partial charge < -0.3 is 14.9 Å². The number of hydrogen-bond donors (Lipinski definition) is 1. The Balaban J connectivity index is 2.24. The largest absolute Gasteiger partial charge is 0.481 e. The Morgan fingerprint density at radius 2 is 1.72 bits per heavy atom. The number of piperazine rings is 1. The number of carboxylic acid groups (broad SMARTS) is 1. The number of hydrogen-bond acceptors (Lipinski definition) is 3. The summed E-state index contributed by atoms with van der Waals surface area (Å²) in [5.41, 5.74) is 0. The van der Waals surface area contributed by atoms with E-state index in [0.717, 1.165) is 12.8 Å². The predicted molar refractivity (Wildman–Crippen MR) is 64.9 cm³/mol. The Morgan fingerprint density at radius 3 is 2.33 bits per heavy atom. The number of amides is 2. The summed E-state index contributed by atoms with van der Waals surface area (Å²) < 4.78 is 0. The lowest BCUT2D eigenvalue weighted by molar-refractivity contribution is -0.149. The molecule has 0 radical (unpaired) electrons. The number of unbranched alkanes of at least 4 members (excludes halogenated alkanes) is 2. The first-order chi connectivity index (χ1) is 8.54. The summed E-state index contributed by atoms with van der Waals surface area (Å²) in [7, 11) is 0.